The number of aliphatic hydroxyl groups is 1. The van der Waals surface area contributed by atoms with Gasteiger partial charge in [-0.2, -0.15) is 0 Å². The van der Waals surface area contributed by atoms with E-state index >= 15 is 0 Å². The van der Waals surface area contributed by atoms with Crippen molar-refractivity contribution in [2.45, 2.75) is 0 Å². The minimum atomic E-state index is -0.516. The second kappa shape index (κ2) is 3.64. The number of halogens is 1. The third-order valence-corrected chi connectivity index (χ3v) is 1.72. The Balaban J connectivity index is 3.15. The molecule has 0 unspecified atom stereocenters. The average Bonchev–Trinajstić information content (AvgIpc) is 2.03. The molecule has 1 aromatic carbocycles. The van der Waals surface area contributed by atoms with E-state index in [0.29, 0.717) is 10.0 Å². The van der Waals surface area contributed by atoms with Gasteiger partial charge in [0.15, 0.2) is 0 Å². The number of hydrogen-bond donors (Lipinski definition) is 1. The molecular weight excluding hydrogens is 226 g/mol. The first-order chi connectivity index (χ1) is 5.63. The summed E-state index contributed by atoms with van der Waals surface area (Å²) in [5.74, 6) is 0. The van der Waals surface area contributed by atoms with Crippen LogP contribution in [-0.2, 0) is 0 Å². The number of rotatable bonds is 2. The molecule has 5 heteroatoms. The molecule has 0 saturated carbocycles. The van der Waals surface area contributed by atoms with E-state index in [4.69, 9.17) is 5.11 Å². The molecule has 0 aliphatic heterocycles. The van der Waals surface area contributed by atoms with Gasteiger partial charge >= 0.3 is 0 Å². The number of nitro groups is 1. The van der Waals surface area contributed by atoms with E-state index in [1.54, 1.807) is 6.07 Å². The maximum atomic E-state index is 10.3. The monoisotopic (exact) mass is 230 g/mol. The van der Waals surface area contributed by atoms with Gasteiger partial charge in [-0.05, 0) is 11.6 Å². The summed E-state index contributed by atoms with van der Waals surface area (Å²) < 4.78 is 0.567. The van der Waals surface area contributed by atoms with Crippen LogP contribution >= 0.6 is 15.9 Å². The van der Waals surface area contributed by atoms with Crippen LogP contribution in [0.1, 0.15) is 5.56 Å². The van der Waals surface area contributed by atoms with Crippen LogP contribution in [0.3, 0.4) is 0 Å². The van der Waals surface area contributed by atoms with Crippen LogP contribution in [0.5, 0.6) is 0 Å². The van der Waals surface area contributed by atoms with Crippen LogP contribution in [0.15, 0.2) is 22.7 Å². The van der Waals surface area contributed by atoms with Crippen LogP contribution in [0.2, 0.25) is 0 Å². The second-order valence-electron chi connectivity index (χ2n) is 2.13. The molecule has 0 bridgehead atoms. The number of benzene rings is 1. The average molecular weight is 231 g/mol. The normalized spacial score (nSPS) is 9.83. The first-order valence-electron chi connectivity index (χ1n) is 3.06. The highest BCUT2D eigenvalue weighted by Crippen LogP contribution is 2.21. The summed E-state index contributed by atoms with van der Waals surface area (Å²) >= 11 is 3.09. The Morgan fingerprint density at radius 2 is 2.17 bits per heavy atom. The van der Waals surface area contributed by atoms with Crippen LogP contribution in [0.25, 0.3) is 0 Å². The zero-order valence-electron chi connectivity index (χ0n) is 5.90. The van der Waals surface area contributed by atoms with E-state index in [9.17, 15) is 10.1 Å². The molecule has 0 aliphatic rings. The molecular formula is C7H5BrNO3. The van der Waals surface area contributed by atoms with Gasteiger partial charge in [0.2, 0.25) is 0 Å². The van der Waals surface area contributed by atoms with Gasteiger partial charge in [-0.1, -0.05) is 15.9 Å². The topological polar surface area (TPSA) is 63.4 Å². The minimum absolute atomic E-state index is 0.0512. The SMILES string of the molecule is O=[N+]([O-])c1cc(Br)cc([CH]O)c1. The first kappa shape index (κ1) is 9.15. The lowest BCUT2D eigenvalue weighted by Gasteiger charge is -1.96. The summed E-state index contributed by atoms with van der Waals surface area (Å²) in [5.41, 5.74) is 0.348. The van der Waals surface area contributed by atoms with E-state index in [0.717, 1.165) is 6.61 Å². The fourth-order valence-electron chi connectivity index (χ4n) is 0.776. The highest BCUT2D eigenvalue weighted by Gasteiger charge is 2.07. The van der Waals surface area contributed by atoms with E-state index < -0.39 is 4.92 Å². The van der Waals surface area contributed by atoms with Gasteiger partial charge in [0, 0.05) is 16.6 Å². The molecule has 1 rings (SSSR count). The molecule has 63 valence electrons. The Morgan fingerprint density at radius 3 is 2.67 bits per heavy atom. The highest BCUT2D eigenvalue weighted by atomic mass is 79.9. The summed E-state index contributed by atoms with van der Waals surface area (Å²) in [5, 5.41) is 18.9. The largest absolute Gasteiger partial charge is 0.385 e. The van der Waals surface area contributed by atoms with Crippen molar-refractivity contribution in [3.8, 4) is 0 Å². The predicted octanol–water partition coefficient (Wildman–Crippen LogP) is 2.24. The molecule has 0 aromatic heterocycles. The summed E-state index contributed by atoms with van der Waals surface area (Å²) in [6.07, 6.45) is 0. The van der Waals surface area contributed by atoms with Gasteiger partial charge in [0.05, 0.1) is 4.92 Å². The smallest absolute Gasteiger partial charge is 0.270 e. The second-order valence-corrected chi connectivity index (χ2v) is 3.04. The Morgan fingerprint density at radius 1 is 1.50 bits per heavy atom. The summed E-state index contributed by atoms with van der Waals surface area (Å²) in [6.45, 7) is 0.817. The van der Waals surface area contributed by atoms with Gasteiger partial charge in [-0.15, -0.1) is 0 Å². The fraction of sp³-hybridized carbons (Fsp3) is 0. The summed E-state index contributed by atoms with van der Waals surface area (Å²) in [7, 11) is 0. The molecule has 1 N–H and O–H groups in total. The molecule has 0 aliphatic carbocycles. The van der Waals surface area contributed by atoms with Crippen molar-refractivity contribution in [3.63, 3.8) is 0 Å². The number of nitrogens with zero attached hydrogens (tertiary/aromatic N) is 1. The molecule has 0 saturated heterocycles. The Bertz CT molecular complexity index is 314. The van der Waals surface area contributed by atoms with Gasteiger partial charge in [-0.3, -0.25) is 10.1 Å². The number of aliphatic hydroxyl groups excluding tert-OH is 1. The van der Waals surface area contributed by atoms with Crippen molar-refractivity contribution in [2.24, 2.45) is 0 Å². The zero-order chi connectivity index (χ0) is 9.14. The Labute approximate surface area is 77.1 Å². The first-order valence-corrected chi connectivity index (χ1v) is 3.85. The lowest BCUT2D eigenvalue weighted by molar-refractivity contribution is -0.385. The molecule has 0 amide bonds. The summed E-state index contributed by atoms with van der Waals surface area (Å²) in [6, 6.07) is 4.23. The molecule has 1 radical (unpaired) electrons. The van der Waals surface area contributed by atoms with Crippen LogP contribution in [-0.4, -0.2) is 10.0 Å². The minimum Gasteiger partial charge on any atom is -0.385 e. The van der Waals surface area contributed by atoms with Crippen molar-refractivity contribution >= 4 is 21.6 Å². The molecule has 4 nitrogen and oxygen atoms in total. The predicted molar refractivity (Wildman–Crippen MR) is 46.1 cm³/mol. The quantitative estimate of drug-likeness (QED) is 0.626. The van der Waals surface area contributed by atoms with Gasteiger partial charge in [0.1, 0.15) is 6.61 Å². The number of nitro benzene ring substituents is 1. The molecule has 0 fully saturated rings. The van der Waals surface area contributed by atoms with Crippen molar-refractivity contribution < 1.29 is 10.0 Å². The maximum absolute atomic E-state index is 10.3. The summed E-state index contributed by atoms with van der Waals surface area (Å²) in [4.78, 5) is 9.79. The maximum Gasteiger partial charge on any atom is 0.270 e. The van der Waals surface area contributed by atoms with E-state index in [1.165, 1.54) is 12.1 Å². The van der Waals surface area contributed by atoms with Crippen molar-refractivity contribution in [2.75, 3.05) is 0 Å². The van der Waals surface area contributed by atoms with Crippen LogP contribution in [0, 0.1) is 16.7 Å². The lowest BCUT2D eigenvalue weighted by Crippen LogP contribution is -1.89. The zero-order valence-corrected chi connectivity index (χ0v) is 7.48. The van der Waals surface area contributed by atoms with E-state index in [2.05, 4.69) is 15.9 Å². The standard InChI is InChI=1S/C7H5BrNO3/c8-6-1-5(4-10)2-7(3-6)9(11)12/h1-4,10H. The molecule has 1 aromatic rings. The third-order valence-electron chi connectivity index (χ3n) is 1.26. The Hall–Kier alpha value is -0.940. The van der Waals surface area contributed by atoms with Crippen LogP contribution < -0.4 is 0 Å². The van der Waals surface area contributed by atoms with Gasteiger partial charge < -0.3 is 5.11 Å². The highest BCUT2D eigenvalue weighted by molar-refractivity contribution is 9.10. The van der Waals surface area contributed by atoms with Crippen molar-refractivity contribution in [1.82, 2.24) is 0 Å². The third kappa shape index (κ3) is 2.02. The van der Waals surface area contributed by atoms with Gasteiger partial charge in [0.25, 0.3) is 5.69 Å². The fourth-order valence-corrected chi connectivity index (χ4v) is 1.28. The molecule has 12 heavy (non-hydrogen) atoms. The number of hydrogen-bond acceptors (Lipinski definition) is 3. The van der Waals surface area contributed by atoms with Gasteiger partial charge in [-0.25, -0.2) is 0 Å². The van der Waals surface area contributed by atoms with Crippen molar-refractivity contribution in [1.29, 1.82) is 0 Å². The van der Waals surface area contributed by atoms with Crippen molar-refractivity contribution in [3.05, 3.63) is 45.0 Å². The molecule has 0 spiro atoms. The van der Waals surface area contributed by atoms with E-state index in [-0.39, 0.29) is 5.69 Å². The number of non-ortho nitro benzene ring substituents is 1. The Kier molecular flexibility index (Phi) is 2.78. The molecule has 0 atom stereocenters. The lowest BCUT2D eigenvalue weighted by atomic mass is 10.2. The van der Waals surface area contributed by atoms with E-state index in [1.807, 2.05) is 0 Å². The molecule has 0 heterocycles. The van der Waals surface area contributed by atoms with Crippen LogP contribution in [0.4, 0.5) is 5.69 Å².